The average molecular weight is 591 g/mol. The largest absolute Gasteiger partial charge is 0.508 e. The Morgan fingerprint density at radius 3 is 2.60 bits per heavy atom. The molecule has 4 heterocycles. The summed E-state index contributed by atoms with van der Waals surface area (Å²) >= 11 is 0. The van der Waals surface area contributed by atoms with Gasteiger partial charge in [0.2, 0.25) is 5.95 Å². The van der Waals surface area contributed by atoms with E-state index in [1.165, 1.54) is 27.7 Å². The molecular formula is C30H38N8O5. The lowest BCUT2D eigenvalue weighted by Crippen LogP contribution is -2.44. The number of rotatable bonds is 11. The van der Waals surface area contributed by atoms with Crippen LogP contribution in [0.15, 0.2) is 54.0 Å². The van der Waals surface area contributed by atoms with Gasteiger partial charge in [-0.25, -0.2) is 19.3 Å². The molecule has 1 aliphatic heterocycles. The van der Waals surface area contributed by atoms with Crippen molar-refractivity contribution in [1.82, 2.24) is 29.2 Å². The molecule has 43 heavy (non-hydrogen) atoms. The van der Waals surface area contributed by atoms with E-state index in [9.17, 15) is 20.1 Å². The predicted octanol–water partition coefficient (Wildman–Crippen LogP) is 2.10. The third-order valence-corrected chi connectivity index (χ3v) is 7.29. The van der Waals surface area contributed by atoms with E-state index in [-0.39, 0.29) is 59.6 Å². The number of fused-ring (bicyclic) bond motifs is 1. The minimum atomic E-state index is -1.34. The highest BCUT2D eigenvalue weighted by Gasteiger charge is 2.23. The van der Waals surface area contributed by atoms with E-state index in [0.717, 1.165) is 43.1 Å². The van der Waals surface area contributed by atoms with Crippen molar-refractivity contribution in [3.05, 3.63) is 70.8 Å². The van der Waals surface area contributed by atoms with E-state index >= 15 is 0 Å². The first-order chi connectivity index (χ1) is 20.6. The second kappa shape index (κ2) is 12.5. The minimum Gasteiger partial charge on any atom is -0.508 e. The van der Waals surface area contributed by atoms with E-state index in [2.05, 4.69) is 43.7 Å². The number of nitrogens with zero attached hydrogens (tertiary/aromatic N) is 7. The molecule has 1 saturated heterocycles. The summed E-state index contributed by atoms with van der Waals surface area (Å²) in [5.41, 5.74) is 1.56. The maximum absolute atomic E-state index is 13.3. The molecule has 1 aromatic carbocycles. The molecule has 13 nitrogen and oxygen atoms in total. The van der Waals surface area contributed by atoms with Gasteiger partial charge in [-0.15, -0.1) is 6.58 Å². The Bertz CT molecular complexity index is 1670. The van der Waals surface area contributed by atoms with Crippen LogP contribution in [0, 0.1) is 0 Å². The maximum Gasteiger partial charge on any atom is 0.278 e. The molecule has 13 heteroatoms. The Morgan fingerprint density at radius 1 is 1.14 bits per heavy atom. The van der Waals surface area contributed by atoms with Crippen LogP contribution in [0.25, 0.3) is 16.9 Å². The highest BCUT2D eigenvalue weighted by molar-refractivity contribution is 5.77. The molecule has 1 aliphatic rings. The standard InChI is InChI=1S/C30H38N8O5/c1-5-8-37-28(41)23-18-31-29(34-27(23)38(37)26-17-22(40)16-25(33-26)30(2,3)42)32-21-6-7-24(20(15-21)19-43-14-13-39)36-11-9-35(4)10-12-36/h5-7,15-18,39,42H,1,8-14,19H2,2-4H3,(H,33,40)(H,31,32,34). The summed E-state index contributed by atoms with van der Waals surface area (Å²) in [6.07, 6.45) is 3.03. The van der Waals surface area contributed by atoms with Crippen molar-refractivity contribution in [1.29, 1.82) is 0 Å². The lowest BCUT2D eigenvalue weighted by atomic mass is 10.0. The molecule has 0 aliphatic carbocycles. The lowest BCUT2D eigenvalue weighted by Gasteiger charge is -2.35. The first kappa shape index (κ1) is 30.2. The second-order valence-corrected chi connectivity index (χ2v) is 11.1. The SMILES string of the molecule is C=CCn1c(=O)c2cnc(Nc3ccc(N4CCN(C)CC4)c(COCCO)c3)nc2n1-c1cc(O)cc(C(C)(C)O)n1. The van der Waals surface area contributed by atoms with Gasteiger partial charge in [-0.3, -0.25) is 4.79 Å². The van der Waals surface area contributed by atoms with Crippen molar-refractivity contribution in [2.45, 2.75) is 32.6 Å². The second-order valence-electron chi connectivity index (χ2n) is 11.1. The number of pyridine rings is 1. The van der Waals surface area contributed by atoms with Gasteiger partial charge in [-0.05, 0) is 39.1 Å². The van der Waals surface area contributed by atoms with Crippen LogP contribution in [0.3, 0.4) is 0 Å². The van der Waals surface area contributed by atoms with Crippen molar-refractivity contribution < 1.29 is 20.1 Å². The summed E-state index contributed by atoms with van der Waals surface area (Å²) < 4.78 is 8.58. The topological polar surface area (TPSA) is 154 Å². The fraction of sp³-hybridized carbons (Fsp3) is 0.400. The molecule has 4 N–H and O–H groups in total. The molecule has 3 aromatic heterocycles. The van der Waals surface area contributed by atoms with E-state index in [4.69, 9.17) is 4.74 Å². The Hall–Kier alpha value is -4.30. The van der Waals surface area contributed by atoms with Crippen LogP contribution in [0.2, 0.25) is 0 Å². The van der Waals surface area contributed by atoms with Gasteiger partial charge in [0.1, 0.15) is 16.7 Å². The molecule has 4 aromatic rings. The van der Waals surface area contributed by atoms with Crippen molar-refractivity contribution in [3.8, 4) is 11.6 Å². The molecular weight excluding hydrogens is 552 g/mol. The monoisotopic (exact) mass is 590 g/mol. The fourth-order valence-corrected chi connectivity index (χ4v) is 5.04. The molecule has 0 spiro atoms. The average Bonchev–Trinajstić information content (AvgIpc) is 3.24. The number of aromatic hydroxyl groups is 1. The van der Waals surface area contributed by atoms with E-state index in [1.54, 1.807) is 19.9 Å². The van der Waals surface area contributed by atoms with Gasteiger partial charge in [-0.2, -0.15) is 4.98 Å². The molecule has 0 radical (unpaired) electrons. The smallest absolute Gasteiger partial charge is 0.278 e. The number of ether oxygens (including phenoxy) is 1. The number of aromatic nitrogens is 5. The highest BCUT2D eigenvalue weighted by Crippen LogP contribution is 2.29. The summed E-state index contributed by atoms with van der Waals surface area (Å²) in [7, 11) is 2.11. The Kier molecular flexibility index (Phi) is 8.78. The number of hydrogen-bond acceptors (Lipinski definition) is 11. The fourth-order valence-electron chi connectivity index (χ4n) is 5.04. The van der Waals surface area contributed by atoms with Crippen LogP contribution in [0.1, 0.15) is 25.1 Å². The van der Waals surface area contributed by atoms with Gasteiger partial charge < -0.3 is 35.2 Å². The Morgan fingerprint density at radius 2 is 1.91 bits per heavy atom. The Labute approximate surface area is 249 Å². The van der Waals surface area contributed by atoms with Crippen LogP contribution in [0.5, 0.6) is 5.75 Å². The number of aliphatic hydroxyl groups excluding tert-OH is 1. The number of allylic oxidation sites excluding steroid dienone is 1. The number of likely N-dealkylation sites (N-methyl/N-ethyl adjacent to an activating group) is 1. The van der Waals surface area contributed by atoms with Gasteiger partial charge >= 0.3 is 0 Å². The van der Waals surface area contributed by atoms with E-state index in [1.807, 2.05) is 18.2 Å². The van der Waals surface area contributed by atoms with Gasteiger partial charge in [0.25, 0.3) is 5.56 Å². The molecule has 0 atom stereocenters. The third-order valence-electron chi connectivity index (χ3n) is 7.29. The van der Waals surface area contributed by atoms with Crippen molar-refractivity contribution >= 4 is 28.4 Å². The third kappa shape index (κ3) is 6.54. The quantitative estimate of drug-likeness (QED) is 0.150. The molecule has 0 unspecified atom stereocenters. The summed E-state index contributed by atoms with van der Waals surface area (Å²) in [4.78, 5) is 31.6. The van der Waals surface area contributed by atoms with E-state index in [0.29, 0.717) is 6.61 Å². The summed E-state index contributed by atoms with van der Waals surface area (Å²) in [6, 6.07) is 8.73. The van der Waals surface area contributed by atoms with Crippen LogP contribution >= 0.6 is 0 Å². The predicted molar refractivity (Wildman–Crippen MR) is 164 cm³/mol. The normalized spacial score (nSPS) is 14.4. The van der Waals surface area contributed by atoms with Crippen molar-refractivity contribution in [3.63, 3.8) is 0 Å². The Balaban J connectivity index is 1.55. The number of piperazine rings is 1. The molecule has 5 rings (SSSR count). The molecule has 228 valence electrons. The zero-order chi connectivity index (χ0) is 30.7. The van der Waals surface area contributed by atoms with Crippen molar-refractivity contribution in [2.75, 3.05) is 56.7 Å². The number of anilines is 3. The van der Waals surface area contributed by atoms with Crippen LogP contribution in [0.4, 0.5) is 17.3 Å². The summed E-state index contributed by atoms with van der Waals surface area (Å²) in [6.45, 7) is 11.3. The van der Waals surface area contributed by atoms with Gasteiger partial charge in [-0.1, -0.05) is 6.08 Å². The van der Waals surface area contributed by atoms with Crippen molar-refractivity contribution in [2.24, 2.45) is 0 Å². The summed E-state index contributed by atoms with van der Waals surface area (Å²) in [5, 5.41) is 33.7. The first-order valence-electron chi connectivity index (χ1n) is 14.1. The minimum absolute atomic E-state index is 0.0613. The zero-order valence-electron chi connectivity index (χ0n) is 24.7. The maximum atomic E-state index is 13.3. The summed E-state index contributed by atoms with van der Waals surface area (Å²) in [5.74, 6) is 0.329. The number of aliphatic hydroxyl groups is 2. The van der Waals surface area contributed by atoms with Gasteiger partial charge in [0, 0.05) is 61.4 Å². The van der Waals surface area contributed by atoms with Gasteiger partial charge in [0.15, 0.2) is 11.5 Å². The first-order valence-corrected chi connectivity index (χ1v) is 14.1. The molecule has 0 saturated carbocycles. The molecule has 0 bridgehead atoms. The van der Waals surface area contributed by atoms with Crippen LogP contribution in [-0.2, 0) is 23.5 Å². The molecule has 1 fully saturated rings. The molecule has 0 amide bonds. The zero-order valence-corrected chi connectivity index (χ0v) is 24.7. The number of nitrogens with one attached hydrogen (secondary N) is 1. The van der Waals surface area contributed by atoms with Gasteiger partial charge in [0.05, 0.1) is 32.1 Å². The number of benzene rings is 1. The highest BCUT2D eigenvalue weighted by atomic mass is 16.5. The van der Waals surface area contributed by atoms with Crippen LogP contribution in [-0.4, -0.2) is 91.0 Å². The van der Waals surface area contributed by atoms with E-state index < -0.39 is 5.60 Å². The van der Waals surface area contributed by atoms with Crippen LogP contribution < -0.4 is 15.8 Å². The lowest BCUT2D eigenvalue weighted by molar-refractivity contribution is 0.0735. The number of hydrogen-bond donors (Lipinski definition) is 4.